The van der Waals surface area contributed by atoms with Crippen LogP contribution in [0.25, 0.3) is 22.1 Å². The Labute approximate surface area is 150 Å². The van der Waals surface area contributed by atoms with Gasteiger partial charge in [-0.15, -0.1) is 0 Å². The lowest BCUT2D eigenvalue weighted by molar-refractivity contribution is 0.997. The number of rotatable bonds is 0. The van der Waals surface area contributed by atoms with Crippen LogP contribution in [0.1, 0.15) is 28.3 Å². The van der Waals surface area contributed by atoms with Gasteiger partial charge in [-0.1, -0.05) is 0 Å². The minimum atomic E-state index is 0.626. The third-order valence-corrected chi connectivity index (χ3v) is 4.90. The molecule has 0 spiro atoms. The van der Waals surface area contributed by atoms with Gasteiger partial charge in [-0.2, -0.15) is 5.26 Å². The highest BCUT2D eigenvalue weighted by Gasteiger charge is 2.13. The molecule has 2 aliphatic heterocycles. The van der Waals surface area contributed by atoms with Gasteiger partial charge in [0.1, 0.15) is 6.07 Å². The molecule has 0 unspecified atom stereocenters. The Balaban J connectivity index is 1.87. The van der Waals surface area contributed by atoms with Gasteiger partial charge in [0.05, 0.1) is 16.8 Å². The van der Waals surface area contributed by atoms with E-state index in [1.165, 1.54) is 0 Å². The van der Waals surface area contributed by atoms with Crippen molar-refractivity contribution in [3.8, 4) is 6.07 Å². The molecule has 26 heavy (non-hydrogen) atoms. The summed E-state index contributed by atoms with van der Waals surface area (Å²) in [6.45, 7) is 0. The number of hydrogen-bond acceptors (Lipinski definition) is 3. The number of fused-ring (bicyclic) bond motifs is 8. The van der Waals surface area contributed by atoms with E-state index in [0.717, 1.165) is 70.5 Å². The van der Waals surface area contributed by atoms with Gasteiger partial charge in [-0.05, 0) is 68.1 Å². The Morgan fingerprint density at radius 3 is 2.23 bits per heavy atom. The van der Waals surface area contributed by atoms with Crippen LogP contribution < -0.4 is 0 Å². The van der Waals surface area contributed by atoms with E-state index in [0.29, 0.717) is 5.56 Å². The number of aromatic nitrogens is 4. The van der Waals surface area contributed by atoms with E-state index in [4.69, 9.17) is 9.97 Å². The fourth-order valence-electron chi connectivity index (χ4n) is 3.64. The maximum absolute atomic E-state index is 9.66. The van der Waals surface area contributed by atoms with Gasteiger partial charge in [-0.25, -0.2) is 0 Å². The summed E-state index contributed by atoms with van der Waals surface area (Å²) in [5, 5.41) is 9.66. The number of aromatic amines is 2. The van der Waals surface area contributed by atoms with Crippen molar-refractivity contribution in [3.05, 3.63) is 70.8 Å². The second-order valence-electron chi connectivity index (χ2n) is 6.76. The van der Waals surface area contributed by atoms with E-state index in [1.54, 1.807) is 0 Å². The molecular weight excluding hydrogens is 322 g/mol. The molecule has 3 aromatic rings. The molecule has 8 bridgehead atoms. The van der Waals surface area contributed by atoms with E-state index in [9.17, 15) is 5.26 Å². The summed E-state index contributed by atoms with van der Waals surface area (Å²) in [6, 6.07) is 16.6. The number of nitrogens with zero attached hydrogens (tertiary/aromatic N) is 3. The molecule has 5 heterocycles. The molecule has 0 aliphatic carbocycles. The second-order valence-corrected chi connectivity index (χ2v) is 6.76. The van der Waals surface area contributed by atoms with Gasteiger partial charge in [0.25, 0.3) is 0 Å². The van der Waals surface area contributed by atoms with Crippen LogP contribution in [0.5, 0.6) is 0 Å². The summed E-state index contributed by atoms with van der Waals surface area (Å²) >= 11 is 0. The summed E-state index contributed by atoms with van der Waals surface area (Å²) in [7, 11) is 0. The lowest BCUT2D eigenvalue weighted by Crippen LogP contribution is -1.86. The molecule has 0 radical (unpaired) electrons. The van der Waals surface area contributed by atoms with Crippen molar-refractivity contribution in [2.75, 3.05) is 0 Å². The topological polar surface area (TPSA) is 81.2 Å². The highest BCUT2D eigenvalue weighted by atomic mass is 14.8. The molecule has 0 saturated carbocycles. The lowest BCUT2D eigenvalue weighted by Gasteiger charge is -1.91. The van der Waals surface area contributed by atoms with Crippen LogP contribution in [0.15, 0.2) is 42.5 Å². The molecule has 2 aliphatic rings. The summed E-state index contributed by atoms with van der Waals surface area (Å²) in [5.74, 6) is 0. The van der Waals surface area contributed by atoms with Crippen LogP contribution in [0.4, 0.5) is 0 Å². The summed E-state index contributed by atoms with van der Waals surface area (Å²) < 4.78 is 0. The van der Waals surface area contributed by atoms with Crippen LogP contribution in [0.2, 0.25) is 0 Å². The van der Waals surface area contributed by atoms with Crippen molar-refractivity contribution in [3.63, 3.8) is 0 Å². The van der Waals surface area contributed by atoms with Crippen molar-refractivity contribution in [2.24, 2.45) is 0 Å². The maximum atomic E-state index is 9.66. The average Bonchev–Trinajstić information content (AvgIpc) is 3.39. The van der Waals surface area contributed by atoms with E-state index in [-0.39, 0.29) is 0 Å². The van der Waals surface area contributed by atoms with Crippen molar-refractivity contribution < 1.29 is 0 Å². The SMILES string of the molecule is N#Cc1c2nc(cc3nc(cc4ccc(cc5ccc1[nH]5)[nH]4)CC3)CC2. The number of nitrogens with one attached hydrogen (secondary N) is 2. The summed E-state index contributed by atoms with van der Waals surface area (Å²) in [5.41, 5.74) is 8.49. The fourth-order valence-corrected chi connectivity index (χ4v) is 3.64. The van der Waals surface area contributed by atoms with Crippen molar-refractivity contribution >= 4 is 22.1 Å². The van der Waals surface area contributed by atoms with Crippen LogP contribution >= 0.6 is 0 Å². The predicted octanol–water partition coefficient (Wildman–Crippen LogP) is 3.76. The zero-order valence-corrected chi connectivity index (χ0v) is 14.2. The maximum Gasteiger partial charge on any atom is 0.103 e. The van der Waals surface area contributed by atoms with Crippen LogP contribution in [-0.2, 0) is 25.7 Å². The second kappa shape index (κ2) is 5.85. The molecule has 126 valence electrons. The number of aryl methyl sites for hydroxylation is 4. The van der Waals surface area contributed by atoms with Gasteiger partial charge >= 0.3 is 0 Å². The van der Waals surface area contributed by atoms with Crippen molar-refractivity contribution in [1.29, 1.82) is 5.26 Å². The minimum Gasteiger partial charge on any atom is -0.355 e. The van der Waals surface area contributed by atoms with Crippen LogP contribution in [0, 0.1) is 11.3 Å². The molecule has 3 aromatic heterocycles. The molecule has 5 rings (SSSR count). The smallest absolute Gasteiger partial charge is 0.103 e. The first kappa shape index (κ1) is 14.9. The number of hydrogen-bond donors (Lipinski definition) is 2. The fraction of sp³-hybridized carbons (Fsp3) is 0.190. The first-order valence-electron chi connectivity index (χ1n) is 8.84. The molecule has 5 heteroatoms. The Morgan fingerprint density at radius 1 is 0.731 bits per heavy atom. The van der Waals surface area contributed by atoms with Gasteiger partial charge in [0, 0.05) is 33.6 Å². The van der Waals surface area contributed by atoms with E-state index < -0.39 is 0 Å². The zero-order chi connectivity index (χ0) is 17.5. The lowest BCUT2D eigenvalue weighted by atomic mass is 10.1. The third-order valence-electron chi connectivity index (χ3n) is 4.90. The highest BCUT2D eigenvalue weighted by molar-refractivity contribution is 5.71. The molecule has 5 nitrogen and oxygen atoms in total. The number of H-pyrrole nitrogens is 2. The summed E-state index contributed by atoms with van der Waals surface area (Å²) in [6.07, 6.45) is 3.54. The standard InChI is InChI=1S/C21H17N5/c22-12-19-20-7-5-17(25-20)10-15-3-1-13(23-15)9-14-2-4-16(24-14)11-18-6-8-21(19)26-18/h1,3,5,7,9-11,23,25H,2,4,6,8H2. The summed E-state index contributed by atoms with van der Waals surface area (Å²) in [4.78, 5) is 16.2. The molecule has 0 aromatic carbocycles. The first-order valence-corrected chi connectivity index (χ1v) is 8.84. The Morgan fingerprint density at radius 2 is 1.38 bits per heavy atom. The minimum absolute atomic E-state index is 0.626. The van der Waals surface area contributed by atoms with Gasteiger partial charge in [0.2, 0.25) is 0 Å². The molecule has 2 N–H and O–H groups in total. The van der Waals surface area contributed by atoms with Crippen molar-refractivity contribution in [2.45, 2.75) is 25.7 Å². The molecule has 0 fully saturated rings. The van der Waals surface area contributed by atoms with Gasteiger partial charge < -0.3 is 9.97 Å². The largest absolute Gasteiger partial charge is 0.355 e. The van der Waals surface area contributed by atoms with Gasteiger partial charge in [0.15, 0.2) is 0 Å². The monoisotopic (exact) mass is 339 g/mol. The van der Waals surface area contributed by atoms with E-state index >= 15 is 0 Å². The quantitative estimate of drug-likeness (QED) is 0.654. The Kier molecular flexibility index (Phi) is 3.36. The predicted molar refractivity (Wildman–Crippen MR) is 101 cm³/mol. The van der Waals surface area contributed by atoms with Gasteiger partial charge in [-0.3, -0.25) is 9.97 Å². The first-order chi connectivity index (χ1) is 12.8. The molecule has 0 saturated heterocycles. The van der Waals surface area contributed by atoms with Crippen LogP contribution in [-0.4, -0.2) is 19.9 Å². The molecular formula is C21H17N5. The highest BCUT2D eigenvalue weighted by Crippen LogP contribution is 2.20. The van der Waals surface area contributed by atoms with Crippen LogP contribution in [0.3, 0.4) is 0 Å². The zero-order valence-electron chi connectivity index (χ0n) is 14.2. The molecule has 0 atom stereocenters. The Bertz CT molecular complexity index is 1210. The normalized spacial score (nSPS) is 13.5. The molecule has 0 amide bonds. The van der Waals surface area contributed by atoms with E-state index in [2.05, 4.69) is 34.2 Å². The van der Waals surface area contributed by atoms with E-state index in [1.807, 2.05) is 24.3 Å². The van der Waals surface area contributed by atoms with Crippen molar-refractivity contribution in [1.82, 2.24) is 19.9 Å². The third kappa shape index (κ3) is 2.66. The Hall–Kier alpha value is -3.39. The number of nitriles is 1. The average molecular weight is 339 g/mol.